The summed E-state index contributed by atoms with van der Waals surface area (Å²) in [7, 11) is 4.56. The maximum atomic E-state index is 14.6. The van der Waals surface area contributed by atoms with Gasteiger partial charge in [-0.2, -0.15) is 0 Å². The maximum absolute atomic E-state index is 14.6. The fourth-order valence-corrected chi connectivity index (χ4v) is 3.38. The van der Waals surface area contributed by atoms with E-state index in [1.54, 1.807) is 0 Å². The standard InChI is InChI=1S/C19H30FN3P2/c1-13-10-17(15(3)19(20,24)25)16(4)22-18(11-14(2)21-12-13)23-8-6-5-7-9-23/h10-12,15,21H,2,5-9,24-25H2,1,3-4H3/b13-12-,17-10-,18-11+,22-16?. The Balaban J connectivity index is 2.46. The normalized spacial score (nSPS) is 27.8. The molecule has 3 unspecified atom stereocenters. The highest BCUT2D eigenvalue weighted by Gasteiger charge is 2.30. The third-order valence-corrected chi connectivity index (χ3v) is 5.68. The van der Waals surface area contributed by atoms with Crippen molar-refractivity contribution < 1.29 is 4.39 Å². The van der Waals surface area contributed by atoms with E-state index in [1.807, 2.05) is 39.1 Å². The largest absolute Gasteiger partial charge is 0.362 e. The Labute approximate surface area is 156 Å². The number of allylic oxidation sites excluding steroid dienone is 4. The second-order valence-electron chi connectivity index (χ2n) is 6.95. The van der Waals surface area contributed by atoms with E-state index in [0.29, 0.717) is 0 Å². The van der Waals surface area contributed by atoms with Gasteiger partial charge in [-0.15, -0.1) is 0 Å². The SMILES string of the molecule is C=C1/C=C(/N2CCCCC2)N=C(C)/C(C(C)C(F)(P)P)=C\C(C)=C/N1. The van der Waals surface area contributed by atoms with Gasteiger partial charge in [0, 0.05) is 42.7 Å². The van der Waals surface area contributed by atoms with Crippen LogP contribution in [0.1, 0.15) is 40.0 Å². The van der Waals surface area contributed by atoms with Crippen molar-refractivity contribution in [2.24, 2.45) is 10.9 Å². The van der Waals surface area contributed by atoms with Crippen molar-refractivity contribution in [1.82, 2.24) is 10.2 Å². The molecule has 0 spiro atoms. The molecule has 1 N–H and O–H groups in total. The zero-order chi connectivity index (χ0) is 18.6. The molecule has 2 aliphatic rings. The lowest BCUT2D eigenvalue weighted by molar-refractivity contribution is 0.283. The average molecular weight is 381 g/mol. The summed E-state index contributed by atoms with van der Waals surface area (Å²) in [5, 5.41) is 1.73. The number of likely N-dealkylation sites (tertiary alicyclic amines) is 1. The number of rotatable bonds is 3. The van der Waals surface area contributed by atoms with Gasteiger partial charge in [0.2, 0.25) is 0 Å². The van der Waals surface area contributed by atoms with Crippen molar-refractivity contribution in [3.63, 3.8) is 0 Å². The number of alkyl halides is 1. The molecule has 2 heterocycles. The van der Waals surface area contributed by atoms with E-state index in [1.165, 1.54) is 19.3 Å². The molecule has 2 aliphatic heterocycles. The number of piperidine rings is 1. The first-order chi connectivity index (χ1) is 11.7. The first-order valence-electron chi connectivity index (χ1n) is 8.81. The quantitative estimate of drug-likeness (QED) is 0.716. The van der Waals surface area contributed by atoms with Gasteiger partial charge in [0.05, 0.1) is 0 Å². The van der Waals surface area contributed by atoms with Crippen LogP contribution >= 0.6 is 18.5 Å². The van der Waals surface area contributed by atoms with Crippen LogP contribution in [0.25, 0.3) is 0 Å². The lowest BCUT2D eigenvalue weighted by Gasteiger charge is -2.31. The number of halogens is 1. The molecule has 0 radical (unpaired) electrons. The van der Waals surface area contributed by atoms with Gasteiger partial charge in [-0.1, -0.05) is 38.1 Å². The zero-order valence-electron chi connectivity index (χ0n) is 15.5. The molecule has 138 valence electrons. The van der Waals surface area contributed by atoms with E-state index in [-0.39, 0.29) is 5.92 Å². The predicted molar refractivity (Wildman–Crippen MR) is 113 cm³/mol. The van der Waals surface area contributed by atoms with Crippen LogP contribution in [0.15, 0.2) is 52.6 Å². The van der Waals surface area contributed by atoms with Gasteiger partial charge in [-0.3, -0.25) is 0 Å². The minimum Gasteiger partial charge on any atom is -0.362 e. The Hall–Kier alpha value is -0.980. The zero-order valence-corrected chi connectivity index (χ0v) is 17.8. The second kappa shape index (κ2) is 8.60. The molecule has 6 heteroatoms. The van der Waals surface area contributed by atoms with E-state index in [0.717, 1.165) is 41.5 Å². The first kappa shape index (κ1) is 20.3. The molecule has 0 aromatic carbocycles. The van der Waals surface area contributed by atoms with Gasteiger partial charge in [0.15, 0.2) is 0 Å². The molecule has 0 saturated carbocycles. The van der Waals surface area contributed by atoms with Crippen molar-refractivity contribution in [3.05, 3.63) is 47.6 Å². The van der Waals surface area contributed by atoms with Crippen LogP contribution in [0.5, 0.6) is 0 Å². The molecule has 3 nitrogen and oxygen atoms in total. The highest BCUT2D eigenvalue weighted by atomic mass is 31.1. The Kier molecular flexibility index (Phi) is 7.00. The Morgan fingerprint density at radius 2 is 1.88 bits per heavy atom. The number of hydrogen-bond acceptors (Lipinski definition) is 3. The van der Waals surface area contributed by atoms with Gasteiger partial charge >= 0.3 is 0 Å². The summed E-state index contributed by atoms with van der Waals surface area (Å²) in [6, 6.07) is 0. The van der Waals surface area contributed by atoms with Crippen LogP contribution in [0.3, 0.4) is 0 Å². The Morgan fingerprint density at radius 3 is 2.48 bits per heavy atom. The van der Waals surface area contributed by atoms with Crippen molar-refractivity contribution in [1.29, 1.82) is 0 Å². The monoisotopic (exact) mass is 381 g/mol. The fourth-order valence-electron chi connectivity index (χ4n) is 3.03. The lowest BCUT2D eigenvalue weighted by atomic mass is 9.95. The van der Waals surface area contributed by atoms with Crippen molar-refractivity contribution in [2.45, 2.75) is 45.2 Å². The van der Waals surface area contributed by atoms with Gasteiger partial charge in [0.25, 0.3) is 0 Å². The van der Waals surface area contributed by atoms with Crippen molar-refractivity contribution in [3.8, 4) is 0 Å². The minimum atomic E-state index is -1.47. The number of nitrogens with one attached hydrogen (secondary N) is 1. The number of aliphatic imine (C=N–C) groups is 1. The molecule has 0 aromatic rings. The number of hydrogen-bond donors (Lipinski definition) is 1. The van der Waals surface area contributed by atoms with E-state index >= 15 is 0 Å². The van der Waals surface area contributed by atoms with Crippen molar-refractivity contribution >= 4 is 24.2 Å². The molecule has 0 bridgehead atoms. The van der Waals surface area contributed by atoms with Gasteiger partial charge in [-0.05, 0) is 44.3 Å². The molecule has 0 amide bonds. The molecule has 0 aromatic heterocycles. The van der Waals surface area contributed by atoms with Crippen LogP contribution in [0, 0.1) is 5.92 Å². The summed E-state index contributed by atoms with van der Waals surface area (Å²) in [4.78, 5) is 7.18. The molecule has 1 fully saturated rings. The Bertz CT molecular complexity index is 636. The second-order valence-corrected chi connectivity index (χ2v) is 9.39. The smallest absolute Gasteiger partial charge is 0.142 e. The molecular weight excluding hydrogens is 351 g/mol. The van der Waals surface area contributed by atoms with Crippen molar-refractivity contribution in [2.75, 3.05) is 13.1 Å². The topological polar surface area (TPSA) is 27.6 Å². The first-order valence-corrected chi connectivity index (χ1v) is 9.96. The molecule has 25 heavy (non-hydrogen) atoms. The van der Waals surface area contributed by atoms with E-state index < -0.39 is 5.15 Å². The predicted octanol–water partition coefficient (Wildman–Crippen LogP) is 4.73. The lowest BCUT2D eigenvalue weighted by Crippen LogP contribution is -2.30. The maximum Gasteiger partial charge on any atom is 0.142 e. The highest BCUT2D eigenvalue weighted by molar-refractivity contribution is 7.39. The molecule has 2 rings (SSSR count). The van der Waals surface area contributed by atoms with Crippen LogP contribution in [0.2, 0.25) is 0 Å². The Morgan fingerprint density at radius 1 is 1.24 bits per heavy atom. The summed E-state index contributed by atoms with van der Waals surface area (Å²) >= 11 is 0. The van der Waals surface area contributed by atoms with Gasteiger partial charge < -0.3 is 10.2 Å². The van der Waals surface area contributed by atoms with E-state index in [2.05, 4.69) is 35.3 Å². The summed E-state index contributed by atoms with van der Waals surface area (Å²) in [5.41, 5.74) is 3.56. The number of nitrogens with zero attached hydrogens (tertiary/aromatic N) is 2. The van der Waals surface area contributed by atoms with E-state index in [9.17, 15) is 4.39 Å². The molecule has 3 atom stereocenters. The van der Waals surface area contributed by atoms with Crippen LogP contribution in [-0.2, 0) is 0 Å². The van der Waals surface area contributed by atoms with Gasteiger partial charge in [-0.25, -0.2) is 9.38 Å². The fraction of sp³-hybridized carbons (Fsp3) is 0.526. The summed E-state index contributed by atoms with van der Waals surface area (Å²) in [6.45, 7) is 11.9. The average Bonchev–Trinajstić information content (AvgIpc) is 2.56. The molecule has 0 aliphatic carbocycles. The van der Waals surface area contributed by atoms with Crippen LogP contribution in [0.4, 0.5) is 4.39 Å². The minimum absolute atomic E-state index is 0.320. The third kappa shape index (κ3) is 5.76. The highest BCUT2D eigenvalue weighted by Crippen LogP contribution is 2.41. The van der Waals surface area contributed by atoms with Crippen LogP contribution < -0.4 is 5.32 Å². The summed E-state index contributed by atoms with van der Waals surface area (Å²) in [5.74, 6) is 0.581. The summed E-state index contributed by atoms with van der Waals surface area (Å²) in [6.07, 6.45) is 9.51. The molecule has 1 saturated heterocycles. The van der Waals surface area contributed by atoms with Crippen LogP contribution in [-0.4, -0.2) is 28.9 Å². The summed E-state index contributed by atoms with van der Waals surface area (Å²) < 4.78 is 14.6. The molecular formula is C19H30FN3P2. The van der Waals surface area contributed by atoms with E-state index in [4.69, 9.17) is 4.99 Å². The van der Waals surface area contributed by atoms with Gasteiger partial charge in [0.1, 0.15) is 11.0 Å². The third-order valence-electron chi connectivity index (χ3n) is 4.68.